The molecule has 0 fully saturated rings. The maximum Gasteiger partial charge on any atom is 0.0913 e. The van der Waals surface area contributed by atoms with Crippen molar-refractivity contribution in [3.63, 3.8) is 0 Å². The summed E-state index contributed by atoms with van der Waals surface area (Å²) in [5.41, 5.74) is 1.76. The van der Waals surface area contributed by atoms with Crippen molar-refractivity contribution < 1.29 is 5.11 Å². The topological polar surface area (TPSA) is 33.1 Å². The molecule has 0 aliphatic rings. The van der Waals surface area contributed by atoms with Crippen LogP contribution in [0.2, 0.25) is 0 Å². The Balaban J connectivity index is 2.50. The van der Waals surface area contributed by atoms with Crippen LogP contribution in [0.3, 0.4) is 0 Å². The number of hydrogen-bond acceptors (Lipinski definition) is 2. The van der Waals surface area contributed by atoms with E-state index in [1.807, 2.05) is 36.4 Å². The summed E-state index contributed by atoms with van der Waals surface area (Å²) in [5, 5.41) is 12.8. The molecule has 2 aromatic carbocycles. The molecule has 0 amide bonds. The second-order valence-electron chi connectivity index (χ2n) is 4.35. The molecule has 0 spiro atoms. The number of rotatable bonds is 1. The Hall–Kier alpha value is -2.35. The average molecular weight is 235 g/mol. The molecular weight excluding hydrogens is 222 g/mol. The van der Waals surface area contributed by atoms with Gasteiger partial charge in [-0.25, -0.2) is 4.98 Å². The Morgan fingerprint density at radius 1 is 0.944 bits per heavy atom. The summed E-state index contributed by atoms with van der Waals surface area (Å²) in [7, 11) is 0. The fraction of sp³-hybridized carbons (Fsp3) is 0.0625. The first-order valence-corrected chi connectivity index (χ1v) is 5.90. The van der Waals surface area contributed by atoms with Crippen molar-refractivity contribution in [1.29, 1.82) is 0 Å². The van der Waals surface area contributed by atoms with Gasteiger partial charge in [0.2, 0.25) is 0 Å². The molecule has 0 saturated carbocycles. The molecule has 0 radical (unpaired) electrons. The van der Waals surface area contributed by atoms with Crippen molar-refractivity contribution in [2.75, 3.05) is 0 Å². The van der Waals surface area contributed by atoms with Crippen LogP contribution in [0, 0.1) is 0 Å². The van der Waals surface area contributed by atoms with E-state index in [1.54, 1.807) is 13.0 Å². The molecular formula is C16H13NO. The normalized spacial score (nSPS) is 12.2. The summed E-state index contributed by atoms with van der Waals surface area (Å²) in [4.78, 5) is 4.61. The van der Waals surface area contributed by atoms with Gasteiger partial charge < -0.3 is 5.11 Å². The molecule has 2 nitrogen and oxygen atoms in total. The van der Waals surface area contributed by atoms with E-state index in [4.69, 9.17) is 0 Å². The van der Waals surface area contributed by atoms with Gasteiger partial charge in [-0.05, 0) is 18.4 Å². The van der Waals surface area contributed by atoms with Gasteiger partial charge in [-0.2, -0.15) is 0 Å². The highest BCUT2D eigenvalue weighted by Crippen LogP contribution is 2.27. The summed E-state index contributed by atoms with van der Waals surface area (Å²) >= 11 is 0. The van der Waals surface area contributed by atoms with Crippen molar-refractivity contribution in [3.05, 3.63) is 60.0 Å². The minimum absolute atomic E-state index is 0.267. The summed E-state index contributed by atoms with van der Waals surface area (Å²) in [6, 6.07) is 16.2. The summed E-state index contributed by atoms with van der Waals surface area (Å²) in [6.45, 7) is 1.66. The van der Waals surface area contributed by atoms with Gasteiger partial charge in [-0.3, -0.25) is 0 Å². The monoisotopic (exact) mass is 235 g/mol. The lowest BCUT2D eigenvalue weighted by Gasteiger charge is -2.06. The highest BCUT2D eigenvalue weighted by molar-refractivity contribution is 6.08. The quantitative estimate of drug-likeness (QED) is 0.503. The van der Waals surface area contributed by atoms with Crippen molar-refractivity contribution in [2.24, 2.45) is 0 Å². The van der Waals surface area contributed by atoms with E-state index in [2.05, 4.69) is 17.1 Å². The molecule has 3 rings (SSSR count). The molecule has 0 aliphatic carbocycles. The summed E-state index contributed by atoms with van der Waals surface area (Å²) < 4.78 is 0. The molecule has 2 heteroatoms. The SMILES string of the molecule is C/C(O)=C/c1nc2ccccc2c2ccccc12. The van der Waals surface area contributed by atoms with Crippen LogP contribution in [0.15, 0.2) is 54.3 Å². The number of allylic oxidation sites excluding steroid dienone is 1. The van der Waals surface area contributed by atoms with Gasteiger partial charge >= 0.3 is 0 Å². The first-order valence-electron chi connectivity index (χ1n) is 5.90. The summed E-state index contributed by atoms with van der Waals surface area (Å²) in [5.74, 6) is 0.267. The molecule has 0 unspecified atom stereocenters. The predicted octanol–water partition coefficient (Wildman–Crippen LogP) is 4.31. The molecule has 1 N–H and O–H groups in total. The predicted molar refractivity (Wildman–Crippen MR) is 75.5 cm³/mol. The Kier molecular flexibility index (Phi) is 2.49. The van der Waals surface area contributed by atoms with Crippen LogP contribution in [-0.2, 0) is 0 Å². The molecule has 0 saturated heterocycles. The Bertz CT molecular complexity index is 755. The number of benzene rings is 2. The van der Waals surface area contributed by atoms with Gasteiger partial charge in [-0.1, -0.05) is 42.5 Å². The minimum atomic E-state index is 0.267. The number of aliphatic hydroxyl groups is 1. The average Bonchev–Trinajstić information content (AvgIpc) is 2.38. The minimum Gasteiger partial charge on any atom is -0.513 e. The van der Waals surface area contributed by atoms with Crippen LogP contribution in [0.1, 0.15) is 12.6 Å². The van der Waals surface area contributed by atoms with Gasteiger partial charge in [0.25, 0.3) is 0 Å². The molecule has 88 valence electrons. The van der Waals surface area contributed by atoms with Crippen LogP contribution < -0.4 is 0 Å². The lowest BCUT2D eigenvalue weighted by atomic mass is 10.0. The third-order valence-electron chi connectivity index (χ3n) is 2.98. The number of hydrogen-bond donors (Lipinski definition) is 1. The largest absolute Gasteiger partial charge is 0.513 e. The first-order chi connectivity index (χ1) is 8.75. The molecule has 0 bridgehead atoms. The van der Waals surface area contributed by atoms with E-state index in [9.17, 15) is 5.11 Å². The van der Waals surface area contributed by atoms with Crippen LogP contribution in [0.4, 0.5) is 0 Å². The lowest BCUT2D eigenvalue weighted by Crippen LogP contribution is -1.88. The molecule has 1 aromatic heterocycles. The van der Waals surface area contributed by atoms with E-state index in [1.165, 1.54) is 0 Å². The van der Waals surface area contributed by atoms with Crippen molar-refractivity contribution >= 4 is 27.8 Å². The molecule has 3 aromatic rings. The highest BCUT2D eigenvalue weighted by Gasteiger charge is 2.05. The fourth-order valence-electron chi connectivity index (χ4n) is 2.24. The van der Waals surface area contributed by atoms with E-state index in [0.717, 1.165) is 27.4 Å². The highest BCUT2D eigenvalue weighted by atomic mass is 16.3. The van der Waals surface area contributed by atoms with Crippen molar-refractivity contribution in [2.45, 2.75) is 6.92 Å². The van der Waals surface area contributed by atoms with E-state index >= 15 is 0 Å². The number of pyridine rings is 1. The molecule has 0 aliphatic heterocycles. The second-order valence-corrected chi connectivity index (χ2v) is 4.35. The number of aliphatic hydroxyl groups excluding tert-OH is 1. The van der Waals surface area contributed by atoms with Gasteiger partial charge in [0.1, 0.15) is 0 Å². The molecule has 0 atom stereocenters. The van der Waals surface area contributed by atoms with Crippen LogP contribution >= 0.6 is 0 Å². The maximum absolute atomic E-state index is 9.46. The van der Waals surface area contributed by atoms with Crippen LogP contribution in [0.5, 0.6) is 0 Å². The zero-order valence-corrected chi connectivity index (χ0v) is 10.1. The lowest BCUT2D eigenvalue weighted by molar-refractivity contribution is 0.419. The molecule has 18 heavy (non-hydrogen) atoms. The number of fused-ring (bicyclic) bond motifs is 3. The van der Waals surface area contributed by atoms with Crippen molar-refractivity contribution in [1.82, 2.24) is 4.98 Å². The van der Waals surface area contributed by atoms with Gasteiger partial charge in [-0.15, -0.1) is 0 Å². The Morgan fingerprint density at radius 3 is 2.28 bits per heavy atom. The zero-order chi connectivity index (χ0) is 12.5. The van der Waals surface area contributed by atoms with E-state index in [0.29, 0.717) is 0 Å². The van der Waals surface area contributed by atoms with Gasteiger partial charge in [0, 0.05) is 16.8 Å². The number of nitrogens with zero attached hydrogens (tertiary/aromatic N) is 1. The standard InChI is InChI=1S/C16H13NO/c1-11(18)10-16-14-8-3-2-6-12(14)13-7-4-5-9-15(13)17-16/h2-10,18H,1H3/b11-10-. The third kappa shape index (κ3) is 1.72. The first kappa shape index (κ1) is 10.8. The summed E-state index contributed by atoms with van der Waals surface area (Å²) in [6.07, 6.45) is 1.70. The van der Waals surface area contributed by atoms with Gasteiger partial charge in [0.15, 0.2) is 0 Å². The van der Waals surface area contributed by atoms with Crippen LogP contribution in [-0.4, -0.2) is 10.1 Å². The Labute approximate surface area is 105 Å². The molecule has 1 heterocycles. The smallest absolute Gasteiger partial charge is 0.0913 e. The Morgan fingerprint density at radius 2 is 1.56 bits per heavy atom. The van der Waals surface area contributed by atoms with Crippen molar-refractivity contribution in [3.8, 4) is 0 Å². The van der Waals surface area contributed by atoms with E-state index in [-0.39, 0.29) is 5.76 Å². The zero-order valence-electron chi connectivity index (χ0n) is 10.1. The fourth-order valence-corrected chi connectivity index (χ4v) is 2.24. The number of para-hydroxylation sites is 1. The van der Waals surface area contributed by atoms with Gasteiger partial charge in [0.05, 0.1) is 17.0 Å². The third-order valence-corrected chi connectivity index (χ3v) is 2.98. The van der Waals surface area contributed by atoms with Crippen LogP contribution in [0.25, 0.3) is 27.8 Å². The van der Waals surface area contributed by atoms with E-state index < -0.39 is 0 Å². The maximum atomic E-state index is 9.46. The second kappa shape index (κ2) is 4.15. The number of aromatic nitrogens is 1.